The molecule has 0 aliphatic carbocycles. The number of halogens is 3. The molecule has 1 aromatic carbocycles. The van der Waals surface area contributed by atoms with Gasteiger partial charge in [-0.05, 0) is 24.1 Å². The summed E-state index contributed by atoms with van der Waals surface area (Å²) in [5.74, 6) is 2.41. The lowest BCUT2D eigenvalue weighted by Gasteiger charge is -2.12. The van der Waals surface area contributed by atoms with E-state index in [0.29, 0.717) is 11.2 Å². The van der Waals surface area contributed by atoms with Gasteiger partial charge in [-0.1, -0.05) is 61.6 Å². The molecule has 19 heavy (non-hydrogen) atoms. The fourth-order valence-corrected chi connectivity index (χ4v) is 3.60. The van der Waals surface area contributed by atoms with Crippen LogP contribution >= 0.6 is 47.8 Å². The highest BCUT2D eigenvalue weighted by Gasteiger charge is 2.14. The minimum absolute atomic E-state index is 0.545. The second-order valence-electron chi connectivity index (χ2n) is 4.74. The molecular formula is C13H14Br3N3. The molecule has 0 radical (unpaired) electrons. The van der Waals surface area contributed by atoms with Crippen molar-refractivity contribution in [2.24, 2.45) is 5.92 Å². The fraction of sp³-hybridized carbons (Fsp3) is 0.385. The van der Waals surface area contributed by atoms with Crippen molar-refractivity contribution in [3.8, 4) is 11.4 Å². The minimum Gasteiger partial charge on any atom is -0.310 e. The molecule has 2 aromatic rings. The molecule has 0 amide bonds. The van der Waals surface area contributed by atoms with Crippen LogP contribution in [0.1, 0.15) is 19.7 Å². The molecule has 1 heterocycles. The average Bonchev–Trinajstić information content (AvgIpc) is 2.69. The average molecular weight is 452 g/mol. The van der Waals surface area contributed by atoms with E-state index in [-0.39, 0.29) is 0 Å². The Bertz CT molecular complexity index is 558. The van der Waals surface area contributed by atoms with E-state index in [2.05, 4.69) is 88.5 Å². The molecule has 6 heteroatoms. The monoisotopic (exact) mass is 449 g/mol. The summed E-state index contributed by atoms with van der Waals surface area (Å²) >= 11 is 10.5. The Hall–Kier alpha value is -0.200. The van der Waals surface area contributed by atoms with Crippen LogP contribution in [-0.4, -0.2) is 14.8 Å². The van der Waals surface area contributed by atoms with Gasteiger partial charge < -0.3 is 4.57 Å². The van der Waals surface area contributed by atoms with Crippen LogP contribution < -0.4 is 0 Å². The van der Waals surface area contributed by atoms with Gasteiger partial charge in [0.1, 0.15) is 5.82 Å². The quantitative estimate of drug-likeness (QED) is 0.611. The zero-order valence-electron chi connectivity index (χ0n) is 10.7. The number of rotatable bonds is 4. The van der Waals surface area contributed by atoms with Crippen molar-refractivity contribution in [1.82, 2.24) is 14.8 Å². The molecule has 0 unspecified atom stereocenters. The lowest BCUT2D eigenvalue weighted by molar-refractivity contribution is 0.516. The van der Waals surface area contributed by atoms with E-state index in [0.717, 1.165) is 32.7 Å². The Labute approximate surface area is 138 Å². The van der Waals surface area contributed by atoms with E-state index in [4.69, 9.17) is 0 Å². The summed E-state index contributed by atoms with van der Waals surface area (Å²) < 4.78 is 4.22. The highest BCUT2D eigenvalue weighted by Crippen LogP contribution is 2.28. The topological polar surface area (TPSA) is 30.7 Å². The third-order valence-corrected chi connectivity index (χ3v) is 4.03. The number of hydrogen-bond donors (Lipinski definition) is 0. The van der Waals surface area contributed by atoms with E-state index < -0.39 is 0 Å². The van der Waals surface area contributed by atoms with Crippen LogP contribution in [-0.2, 0) is 11.9 Å². The van der Waals surface area contributed by atoms with Gasteiger partial charge >= 0.3 is 0 Å². The molecule has 0 saturated carbocycles. The highest BCUT2D eigenvalue weighted by molar-refractivity contribution is 9.11. The summed E-state index contributed by atoms with van der Waals surface area (Å²) in [5.41, 5.74) is 1.06. The first-order chi connectivity index (χ1) is 9.01. The molecule has 0 bridgehead atoms. The lowest BCUT2D eigenvalue weighted by atomic mass is 10.2. The zero-order valence-corrected chi connectivity index (χ0v) is 15.5. The SMILES string of the molecule is CC(C)Cn1c(CBr)nnc1-c1cc(Br)cc(Br)c1. The van der Waals surface area contributed by atoms with Crippen molar-refractivity contribution < 1.29 is 0 Å². The van der Waals surface area contributed by atoms with Gasteiger partial charge in [-0.3, -0.25) is 0 Å². The first-order valence-electron chi connectivity index (χ1n) is 5.95. The van der Waals surface area contributed by atoms with Crippen LogP contribution in [0.25, 0.3) is 11.4 Å². The van der Waals surface area contributed by atoms with Gasteiger partial charge in [-0.25, -0.2) is 0 Å². The summed E-state index contributed by atoms with van der Waals surface area (Å²) in [6.07, 6.45) is 0. The van der Waals surface area contributed by atoms with Crippen LogP contribution in [0, 0.1) is 5.92 Å². The van der Waals surface area contributed by atoms with E-state index in [9.17, 15) is 0 Å². The van der Waals surface area contributed by atoms with Crippen LogP contribution in [0.2, 0.25) is 0 Å². The molecule has 3 nitrogen and oxygen atoms in total. The first-order valence-corrected chi connectivity index (χ1v) is 8.66. The van der Waals surface area contributed by atoms with Crippen LogP contribution in [0.3, 0.4) is 0 Å². The number of aromatic nitrogens is 3. The van der Waals surface area contributed by atoms with Gasteiger partial charge in [0.05, 0.1) is 5.33 Å². The van der Waals surface area contributed by atoms with E-state index in [1.807, 2.05) is 6.07 Å². The number of nitrogens with zero attached hydrogens (tertiary/aromatic N) is 3. The van der Waals surface area contributed by atoms with Crippen molar-refractivity contribution in [2.75, 3.05) is 0 Å². The second-order valence-corrected chi connectivity index (χ2v) is 7.13. The smallest absolute Gasteiger partial charge is 0.164 e. The molecule has 0 aliphatic heterocycles. The molecule has 0 fully saturated rings. The van der Waals surface area contributed by atoms with Crippen molar-refractivity contribution in [3.63, 3.8) is 0 Å². The summed E-state index contributed by atoms with van der Waals surface area (Å²) in [6, 6.07) is 6.13. The van der Waals surface area contributed by atoms with Gasteiger partial charge in [0.25, 0.3) is 0 Å². The van der Waals surface area contributed by atoms with Crippen LogP contribution in [0.4, 0.5) is 0 Å². The summed E-state index contributed by atoms with van der Waals surface area (Å²) in [6.45, 7) is 5.30. The van der Waals surface area contributed by atoms with Crippen LogP contribution in [0.5, 0.6) is 0 Å². The normalized spacial score (nSPS) is 11.3. The van der Waals surface area contributed by atoms with Crippen LogP contribution in [0.15, 0.2) is 27.1 Å². The number of hydrogen-bond acceptors (Lipinski definition) is 2. The molecule has 0 spiro atoms. The first kappa shape index (κ1) is 15.2. The highest BCUT2D eigenvalue weighted by atomic mass is 79.9. The summed E-state index contributed by atoms with van der Waals surface area (Å²) in [7, 11) is 0. The predicted molar refractivity (Wildman–Crippen MR) is 88.3 cm³/mol. The Morgan fingerprint density at radius 2 is 1.74 bits per heavy atom. The second kappa shape index (κ2) is 6.50. The molecule has 0 atom stereocenters. The Balaban J connectivity index is 2.51. The fourth-order valence-electron chi connectivity index (χ4n) is 1.89. The standard InChI is InChI=1S/C13H14Br3N3/c1-8(2)7-19-12(6-14)17-18-13(19)9-3-10(15)5-11(16)4-9/h3-5,8H,6-7H2,1-2H3. The molecular weight excluding hydrogens is 438 g/mol. The van der Waals surface area contributed by atoms with Crippen molar-refractivity contribution in [1.29, 1.82) is 0 Å². The molecule has 2 rings (SSSR count). The third-order valence-electron chi connectivity index (χ3n) is 2.62. The summed E-state index contributed by atoms with van der Waals surface area (Å²) in [5, 5.41) is 9.30. The predicted octanol–water partition coefficient (Wildman–Crippen LogP) is 5.02. The van der Waals surface area contributed by atoms with Crippen molar-refractivity contribution >= 4 is 47.8 Å². The Kier molecular flexibility index (Phi) is 5.20. The maximum Gasteiger partial charge on any atom is 0.164 e. The maximum absolute atomic E-state index is 4.33. The van der Waals surface area contributed by atoms with Gasteiger partial charge in [0, 0.05) is 21.1 Å². The number of benzene rings is 1. The van der Waals surface area contributed by atoms with Gasteiger partial charge in [0.2, 0.25) is 0 Å². The van der Waals surface area contributed by atoms with Gasteiger partial charge in [-0.2, -0.15) is 0 Å². The van der Waals surface area contributed by atoms with E-state index in [1.165, 1.54) is 0 Å². The summed E-state index contributed by atoms with van der Waals surface area (Å²) in [4.78, 5) is 0. The Morgan fingerprint density at radius 1 is 1.11 bits per heavy atom. The van der Waals surface area contributed by atoms with Crippen molar-refractivity contribution in [3.05, 3.63) is 33.0 Å². The van der Waals surface area contributed by atoms with E-state index >= 15 is 0 Å². The van der Waals surface area contributed by atoms with Crippen molar-refractivity contribution in [2.45, 2.75) is 25.7 Å². The largest absolute Gasteiger partial charge is 0.310 e. The van der Waals surface area contributed by atoms with Gasteiger partial charge in [-0.15, -0.1) is 10.2 Å². The molecule has 0 saturated heterocycles. The zero-order chi connectivity index (χ0) is 14.0. The molecule has 1 aromatic heterocycles. The van der Waals surface area contributed by atoms with Gasteiger partial charge in [0.15, 0.2) is 5.82 Å². The lowest BCUT2D eigenvalue weighted by Crippen LogP contribution is -2.09. The maximum atomic E-state index is 4.33. The molecule has 0 aliphatic rings. The molecule has 0 N–H and O–H groups in total. The molecule has 102 valence electrons. The third kappa shape index (κ3) is 3.67. The number of alkyl halides is 1. The minimum atomic E-state index is 0.545. The Morgan fingerprint density at radius 3 is 2.26 bits per heavy atom. The van der Waals surface area contributed by atoms with E-state index in [1.54, 1.807) is 0 Å².